The number of carbonyl (C=O) groups excluding carboxylic acids is 2. The van der Waals surface area contributed by atoms with E-state index in [2.05, 4.69) is 12.1 Å². The zero-order valence-corrected chi connectivity index (χ0v) is 16.1. The van der Waals surface area contributed by atoms with Crippen molar-refractivity contribution in [2.75, 3.05) is 26.2 Å². The van der Waals surface area contributed by atoms with Gasteiger partial charge in [-0.3, -0.25) is 9.59 Å². The van der Waals surface area contributed by atoms with Gasteiger partial charge in [-0.15, -0.1) is 12.4 Å². The highest BCUT2D eigenvalue weighted by atomic mass is 35.5. The first-order chi connectivity index (χ1) is 12.2. The van der Waals surface area contributed by atoms with Crippen LogP contribution in [0.1, 0.15) is 37.7 Å². The van der Waals surface area contributed by atoms with Crippen LogP contribution in [0.3, 0.4) is 0 Å². The van der Waals surface area contributed by atoms with Gasteiger partial charge in [0, 0.05) is 38.6 Å². The second-order valence-corrected chi connectivity index (χ2v) is 7.23. The molecule has 3 rings (SSSR count). The van der Waals surface area contributed by atoms with Gasteiger partial charge in [-0.05, 0) is 24.8 Å². The highest BCUT2D eigenvalue weighted by molar-refractivity contribution is 5.89. The molecule has 144 valence electrons. The molecule has 0 radical (unpaired) electrons. The third-order valence-corrected chi connectivity index (χ3v) is 5.50. The summed E-state index contributed by atoms with van der Waals surface area (Å²) in [6.45, 7) is 2.26. The van der Waals surface area contributed by atoms with Gasteiger partial charge in [0.25, 0.3) is 0 Å². The van der Waals surface area contributed by atoms with Crippen molar-refractivity contribution in [1.29, 1.82) is 0 Å². The summed E-state index contributed by atoms with van der Waals surface area (Å²) in [5, 5.41) is 0. The van der Waals surface area contributed by atoms with E-state index in [1.807, 2.05) is 28.0 Å². The summed E-state index contributed by atoms with van der Waals surface area (Å²) in [6.07, 6.45) is 5.76. The number of hydrogen-bond acceptors (Lipinski definition) is 3. The molecule has 1 heterocycles. The average Bonchev–Trinajstić information content (AvgIpc) is 3.28. The van der Waals surface area contributed by atoms with Gasteiger partial charge < -0.3 is 15.5 Å². The van der Waals surface area contributed by atoms with Gasteiger partial charge >= 0.3 is 0 Å². The summed E-state index contributed by atoms with van der Waals surface area (Å²) in [6, 6.07) is 10.5. The summed E-state index contributed by atoms with van der Waals surface area (Å²) in [5.74, 6) is 0.0478. The SMILES string of the molecule is Cl.NCCN(CCc1ccccc1)C(=O)C1CC(=O)N(C2CCCC2)C1. The Morgan fingerprint density at radius 3 is 2.50 bits per heavy atom. The first-order valence-corrected chi connectivity index (χ1v) is 9.51. The van der Waals surface area contributed by atoms with Crippen molar-refractivity contribution < 1.29 is 9.59 Å². The predicted octanol–water partition coefficient (Wildman–Crippen LogP) is 2.23. The first-order valence-electron chi connectivity index (χ1n) is 9.51. The Bertz CT molecular complexity index is 590. The minimum atomic E-state index is -0.199. The maximum absolute atomic E-state index is 13.0. The molecule has 26 heavy (non-hydrogen) atoms. The molecular weight excluding hydrogens is 350 g/mol. The molecule has 2 N–H and O–H groups in total. The fourth-order valence-electron chi connectivity index (χ4n) is 4.12. The summed E-state index contributed by atoms with van der Waals surface area (Å²) in [4.78, 5) is 29.1. The van der Waals surface area contributed by atoms with E-state index in [1.165, 1.54) is 18.4 Å². The van der Waals surface area contributed by atoms with E-state index in [0.717, 1.165) is 19.3 Å². The van der Waals surface area contributed by atoms with Crippen molar-refractivity contribution in [3.05, 3.63) is 35.9 Å². The van der Waals surface area contributed by atoms with Gasteiger partial charge in [0.1, 0.15) is 0 Å². The van der Waals surface area contributed by atoms with Gasteiger partial charge in [0.2, 0.25) is 11.8 Å². The van der Waals surface area contributed by atoms with E-state index >= 15 is 0 Å². The fourth-order valence-corrected chi connectivity index (χ4v) is 4.12. The van der Waals surface area contributed by atoms with Crippen molar-refractivity contribution in [2.45, 2.75) is 44.6 Å². The topological polar surface area (TPSA) is 66.6 Å². The Morgan fingerprint density at radius 2 is 1.85 bits per heavy atom. The molecule has 2 aliphatic rings. The summed E-state index contributed by atoms with van der Waals surface area (Å²) in [7, 11) is 0. The van der Waals surface area contributed by atoms with Gasteiger partial charge in [0.05, 0.1) is 5.92 Å². The molecule has 0 bridgehead atoms. The lowest BCUT2D eigenvalue weighted by Crippen LogP contribution is -2.42. The number of likely N-dealkylation sites (tertiary alicyclic amines) is 1. The van der Waals surface area contributed by atoms with Crippen LogP contribution >= 0.6 is 12.4 Å². The van der Waals surface area contributed by atoms with Crippen LogP contribution in [0.5, 0.6) is 0 Å². The molecule has 2 fully saturated rings. The van der Waals surface area contributed by atoms with Crippen LogP contribution < -0.4 is 5.73 Å². The quantitative estimate of drug-likeness (QED) is 0.789. The molecule has 2 amide bonds. The van der Waals surface area contributed by atoms with Gasteiger partial charge in [-0.1, -0.05) is 43.2 Å². The maximum atomic E-state index is 13.0. The minimum absolute atomic E-state index is 0. The molecule has 6 heteroatoms. The van der Waals surface area contributed by atoms with Crippen LogP contribution in [-0.4, -0.2) is 53.8 Å². The van der Waals surface area contributed by atoms with Crippen LogP contribution in [0, 0.1) is 5.92 Å². The lowest BCUT2D eigenvalue weighted by molar-refractivity contribution is -0.135. The molecule has 1 unspecified atom stereocenters. The Labute approximate surface area is 162 Å². The Hall–Kier alpha value is -1.59. The number of amides is 2. The van der Waals surface area contributed by atoms with E-state index < -0.39 is 0 Å². The first kappa shape index (κ1) is 20.7. The largest absolute Gasteiger partial charge is 0.341 e. The molecule has 5 nitrogen and oxygen atoms in total. The number of halogens is 1. The molecule has 0 spiro atoms. The Kier molecular flexibility index (Phi) is 7.91. The molecule has 1 saturated carbocycles. The highest BCUT2D eigenvalue weighted by Crippen LogP contribution is 2.30. The summed E-state index contributed by atoms with van der Waals surface area (Å²) >= 11 is 0. The molecule has 1 saturated heterocycles. The van der Waals surface area contributed by atoms with Crippen molar-refractivity contribution >= 4 is 24.2 Å². The van der Waals surface area contributed by atoms with Crippen LogP contribution in [0.25, 0.3) is 0 Å². The van der Waals surface area contributed by atoms with E-state index in [-0.39, 0.29) is 30.1 Å². The molecule has 1 aromatic carbocycles. The highest BCUT2D eigenvalue weighted by Gasteiger charge is 2.39. The standard InChI is InChI=1S/C20H29N3O2.ClH/c21-11-13-22(12-10-16-6-2-1-3-7-16)20(25)17-14-19(24)23(15-17)18-8-4-5-9-18;/h1-3,6-7,17-18H,4-5,8-15,21H2;1H. The minimum Gasteiger partial charge on any atom is -0.341 e. The second-order valence-electron chi connectivity index (χ2n) is 7.23. The van der Waals surface area contributed by atoms with Gasteiger partial charge in [-0.25, -0.2) is 0 Å². The van der Waals surface area contributed by atoms with Crippen molar-refractivity contribution in [3.63, 3.8) is 0 Å². The van der Waals surface area contributed by atoms with Crippen molar-refractivity contribution in [1.82, 2.24) is 9.80 Å². The Morgan fingerprint density at radius 1 is 1.15 bits per heavy atom. The van der Waals surface area contributed by atoms with Crippen LogP contribution in [0.15, 0.2) is 30.3 Å². The number of nitrogens with two attached hydrogens (primary N) is 1. The van der Waals surface area contributed by atoms with E-state index in [9.17, 15) is 9.59 Å². The number of nitrogens with zero attached hydrogens (tertiary/aromatic N) is 2. The number of hydrogen-bond donors (Lipinski definition) is 1. The molecule has 1 aliphatic carbocycles. The fraction of sp³-hybridized carbons (Fsp3) is 0.600. The third-order valence-electron chi connectivity index (χ3n) is 5.50. The molecule has 1 aliphatic heterocycles. The molecule has 1 aromatic rings. The van der Waals surface area contributed by atoms with Crippen molar-refractivity contribution in [2.24, 2.45) is 11.7 Å². The second kappa shape index (κ2) is 9.93. The third kappa shape index (κ3) is 4.98. The summed E-state index contributed by atoms with van der Waals surface area (Å²) in [5.41, 5.74) is 6.93. The zero-order valence-electron chi connectivity index (χ0n) is 15.3. The molecule has 0 aromatic heterocycles. The number of rotatable bonds is 7. The van der Waals surface area contributed by atoms with Crippen molar-refractivity contribution in [3.8, 4) is 0 Å². The zero-order chi connectivity index (χ0) is 17.6. The van der Waals surface area contributed by atoms with E-state index in [1.54, 1.807) is 0 Å². The van der Waals surface area contributed by atoms with E-state index in [4.69, 9.17) is 5.73 Å². The maximum Gasteiger partial charge on any atom is 0.228 e. The van der Waals surface area contributed by atoms with Crippen LogP contribution in [0.4, 0.5) is 0 Å². The average molecular weight is 380 g/mol. The van der Waals surface area contributed by atoms with Gasteiger partial charge in [0.15, 0.2) is 0 Å². The van der Waals surface area contributed by atoms with Crippen LogP contribution in [0.2, 0.25) is 0 Å². The summed E-state index contributed by atoms with van der Waals surface area (Å²) < 4.78 is 0. The smallest absolute Gasteiger partial charge is 0.228 e. The lowest BCUT2D eigenvalue weighted by Gasteiger charge is -2.27. The Balaban J connectivity index is 0.00000243. The molecular formula is C20H30ClN3O2. The number of carbonyl (C=O) groups is 2. The predicted molar refractivity (Wildman–Crippen MR) is 105 cm³/mol. The van der Waals surface area contributed by atoms with Gasteiger partial charge in [-0.2, -0.15) is 0 Å². The van der Waals surface area contributed by atoms with E-state index in [0.29, 0.717) is 38.6 Å². The molecule has 1 atom stereocenters. The normalized spacial score (nSPS) is 20.3. The monoisotopic (exact) mass is 379 g/mol. The van der Waals surface area contributed by atoms with Crippen LogP contribution in [-0.2, 0) is 16.0 Å². The lowest BCUT2D eigenvalue weighted by atomic mass is 10.1. The number of benzene rings is 1.